The molecule has 0 unspecified atom stereocenters. The number of anilines is 2. The third-order valence-electron chi connectivity index (χ3n) is 4.99. The van der Waals surface area contributed by atoms with Crippen LogP contribution in [-0.4, -0.2) is 27.5 Å². The van der Waals surface area contributed by atoms with Crippen LogP contribution < -0.4 is 15.4 Å². The molecule has 2 aromatic heterocycles. The van der Waals surface area contributed by atoms with Gasteiger partial charge < -0.3 is 20.4 Å². The molecule has 12 heteroatoms. The molecule has 35 heavy (non-hydrogen) atoms. The fraction of sp³-hybridized carbons (Fsp3) is 0.174. The van der Waals surface area contributed by atoms with Gasteiger partial charge in [0.15, 0.2) is 0 Å². The maximum Gasteiger partial charge on any atom is 0.416 e. The molecule has 4 aromatic rings. The van der Waals surface area contributed by atoms with E-state index in [9.17, 15) is 18.0 Å². The highest BCUT2D eigenvalue weighted by Crippen LogP contribution is 2.33. The summed E-state index contributed by atoms with van der Waals surface area (Å²) in [5.41, 5.74) is 0.645. The number of ether oxygens (including phenoxy) is 1. The fourth-order valence-corrected chi connectivity index (χ4v) is 3.88. The molecule has 0 aliphatic heterocycles. The van der Waals surface area contributed by atoms with Crippen molar-refractivity contribution in [1.82, 2.24) is 20.3 Å². The monoisotopic (exact) mass is 523 g/mol. The summed E-state index contributed by atoms with van der Waals surface area (Å²) < 4.78 is 45.4. The maximum atomic E-state index is 13.3. The van der Waals surface area contributed by atoms with Gasteiger partial charge in [0.1, 0.15) is 5.75 Å². The first-order valence-electron chi connectivity index (χ1n) is 10.3. The SMILES string of the molecule is CCOc1cc2nc(Nc3c(Cl)cncc3Cl)[nH]c2cc1C(=O)NCc1ccccc1C(F)(F)F. The number of hydrogen-bond donors (Lipinski definition) is 3. The number of carbonyl (C=O) groups is 1. The summed E-state index contributed by atoms with van der Waals surface area (Å²) in [6.45, 7) is 1.70. The van der Waals surface area contributed by atoms with Crippen molar-refractivity contribution in [2.45, 2.75) is 19.6 Å². The topological polar surface area (TPSA) is 91.9 Å². The molecule has 0 bridgehead atoms. The number of alkyl halides is 3. The Hall–Kier alpha value is -3.50. The lowest BCUT2D eigenvalue weighted by molar-refractivity contribution is -0.138. The van der Waals surface area contributed by atoms with E-state index in [-0.39, 0.29) is 40.1 Å². The number of carbonyl (C=O) groups excluding carboxylic acids is 1. The highest BCUT2D eigenvalue weighted by molar-refractivity contribution is 6.39. The molecule has 3 N–H and O–H groups in total. The summed E-state index contributed by atoms with van der Waals surface area (Å²) in [6.07, 6.45) is -1.69. The van der Waals surface area contributed by atoms with E-state index in [4.69, 9.17) is 27.9 Å². The third-order valence-corrected chi connectivity index (χ3v) is 5.56. The van der Waals surface area contributed by atoms with Gasteiger partial charge in [0.2, 0.25) is 5.95 Å². The van der Waals surface area contributed by atoms with Crippen LogP contribution in [0.1, 0.15) is 28.4 Å². The number of fused-ring (bicyclic) bond motifs is 1. The minimum atomic E-state index is -4.53. The first kappa shape index (κ1) is 24.6. The van der Waals surface area contributed by atoms with Crippen LogP contribution in [0.15, 0.2) is 48.8 Å². The molecular formula is C23H18Cl2F3N5O2. The number of nitrogens with one attached hydrogen (secondary N) is 3. The molecule has 0 aliphatic carbocycles. The van der Waals surface area contributed by atoms with E-state index >= 15 is 0 Å². The van der Waals surface area contributed by atoms with Crippen LogP contribution >= 0.6 is 23.2 Å². The van der Waals surface area contributed by atoms with Gasteiger partial charge in [0.05, 0.1) is 44.5 Å². The molecule has 1 amide bonds. The van der Waals surface area contributed by atoms with E-state index < -0.39 is 17.6 Å². The Morgan fingerprint density at radius 2 is 1.86 bits per heavy atom. The van der Waals surface area contributed by atoms with Crippen molar-refractivity contribution in [2.24, 2.45) is 0 Å². The fourth-order valence-electron chi connectivity index (χ4n) is 3.42. The molecule has 0 atom stereocenters. The lowest BCUT2D eigenvalue weighted by Crippen LogP contribution is -2.25. The molecule has 2 heterocycles. The number of amides is 1. The second kappa shape index (κ2) is 10.0. The molecule has 0 saturated carbocycles. The van der Waals surface area contributed by atoms with E-state index in [0.29, 0.717) is 22.7 Å². The molecule has 2 aromatic carbocycles. The Bertz CT molecular complexity index is 1370. The van der Waals surface area contributed by atoms with Crippen LogP contribution in [0.5, 0.6) is 5.75 Å². The van der Waals surface area contributed by atoms with Crippen molar-refractivity contribution in [3.05, 3.63) is 75.5 Å². The van der Waals surface area contributed by atoms with Crippen LogP contribution in [0.25, 0.3) is 11.0 Å². The van der Waals surface area contributed by atoms with Gasteiger partial charge in [-0.15, -0.1) is 0 Å². The molecule has 0 saturated heterocycles. The van der Waals surface area contributed by atoms with E-state index in [1.54, 1.807) is 13.0 Å². The van der Waals surface area contributed by atoms with E-state index in [1.165, 1.54) is 36.7 Å². The van der Waals surface area contributed by atoms with Crippen molar-refractivity contribution in [3.63, 3.8) is 0 Å². The van der Waals surface area contributed by atoms with Crippen LogP contribution in [0.4, 0.5) is 24.8 Å². The predicted molar refractivity (Wildman–Crippen MR) is 127 cm³/mol. The Morgan fingerprint density at radius 3 is 2.54 bits per heavy atom. The minimum absolute atomic E-state index is 0.0495. The second-order valence-corrected chi connectivity index (χ2v) is 8.14. The highest BCUT2D eigenvalue weighted by atomic mass is 35.5. The minimum Gasteiger partial charge on any atom is -0.493 e. The number of aromatic amines is 1. The zero-order valence-electron chi connectivity index (χ0n) is 18.1. The van der Waals surface area contributed by atoms with Crippen molar-refractivity contribution in [3.8, 4) is 5.75 Å². The molecule has 0 radical (unpaired) electrons. The molecule has 0 aliphatic rings. The summed E-state index contributed by atoms with van der Waals surface area (Å²) in [5, 5.41) is 6.09. The summed E-state index contributed by atoms with van der Waals surface area (Å²) >= 11 is 12.3. The average molecular weight is 524 g/mol. The number of rotatable bonds is 7. The van der Waals surface area contributed by atoms with E-state index in [2.05, 4.69) is 25.6 Å². The van der Waals surface area contributed by atoms with Crippen molar-refractivity contribution >= 4 is 51.8 Å². The van der Waals surface area contributed by atoms with Crippen molar-refractivity contribution < 1.29 is 22.7 Å². The van der Waals surface area contributed by atoms with Gasteiger partial charge in [-0.1, -0.05) is 41.4 Å². The number of nitrogens with zero attached hydrogens (tertiary/aromatic N) is 2. The molecule has 4 rings (SSSR count). The quantitative estimate of drug-likeness (QED) is 0.262. The lowest BCUT2D eigenvalue weighted by Gasteiger charge is -2.14. The van der Waals surface area contributed by atoms with Gasteiger partial charge in [0, 0.05) is 25.0 Å². The first-order valence-corrected chi connectivity index (χ1v) is 11.1. The second-order valence-electron chi connectivity index (χ2n) is 7.32. The van der Waals surface area contributed by atoms with Crippen LogP contribution in [-0.2, 0) is 12.7 Å². The van der Waals surface area contributed by atoms with E-state index in [1.807, 2.05) is 0 Å². The van der Waals surface area contributed by atoms with Gasteiger partial charge in [-0.3, -0.25) is 9.78 Å². The maximum absolute atomic E-state index is 13.3. The average Bonchev–Trinajstić information content (AvgIpc) is 3.20. The number of hydrogen-bond acceptors (Lipinski definition) is 5. The molecule has 7 nitrogen and oxygen atoms in total. The van der Waals surface area contributed by atoms with Crippen LogP contribution in [0.3, 0.4) is 0 Å². The predicted octanol–water partition coefficient (Wildman–Crippen LogP) is 6.36. The zero-order valence-corrected chi connectivity index (χ0v) is 19.6. The van der Waals surface area contributed by atoms with Crippen molar-refractivity contribution in [2.75, 3.05) is 11.9 Å². The molecule has 182 valence electrons. The van der Waals surface area contributed by atoms with Gasteiger partial charge in [-0.25, -0.2) is 4.98 Å². The largest absolute Gasteiger partial charge is 0.493 e. The number of benzene rings is 2. The summed E-state index contributed by atoms with van der Waals surface area (Å²) in [5.74, 6) is -0.0644. The lowest BCUT2D eigenvalue weighted by atomic mass is 10.1. The van der Waals surface area contributed by atoms with Gasteiger partial charge in [0.25, 0.3) is 5.91 Å². The third kappa shape index (κ3) is 5.44. The molecule has 0 fully saturated rings. The summed E-state index contributed by atoms with van der Waals surface area (Å²) in [6, 6.07) is 8.14. The standard InChI is InChI=1S/C23H18Cl2F3N5O2/c1-2-35-19-8-18-17(31-22(32-18)33-20-15(24)10-29-11-16(20)25)7-13(19)21(34)30-9-12-5-3-4-6-14(12)23(26,27)28/h3-8,10-11H,2,9H2,1H3,(H,30,34)(H2,29,31,32,33). The Balaban J connectivity index is 1.62. The normalized spacial score (nSPS) is 11.5. The number of pyridine rings is 1. The van der Waals surface area contributed by atoms with Crippen LogP contribution in [0.2, 0.25) is 10.0 Å². The number of aromatic nitrogens is 3. The van der Waals surface area contributed by atoms with Crippen molar-refractivity contribution in [1.29, 1.82) is 0 Å². The van der Waals surface area contributed by atoms with Crippen LogP contribution in [0, 0.1) is 0 Å². The molecular weight excluding hydrogens is 506 g/mol. The number of H-pyrrole nitrogens is 1. The smallest absolute Gasteiger partial charge is 0.416 e. The first-order chi connectivity index (χ1) is 16.7. The summed E-state index contributed by atoms with van der Waals surface area (Å²) in [4.78, 5) is 24.3. The van der Waals surface area contributed by atoms with Gasteiger partial charge in [-0.2, -0.15) is 13.2 Å². The highest BCUT2D eigenvalue weighted by Gasteiger charge is 2.33. The Labute approximate surface area is 207 Å². The Kier molecular flexibility index (Phi) is 7.04. The number of imidazole rings is 1. The van der Waals surface area contributed by atoms with E-state index in [0.717, 1.165) is 6.07 Å². The van der Waals surface area contributed by atoms with Gasteiger partial charge >= 0.3 is 6.18 Å². The molecule has 0 spiro atoms. The summed E-state index contributed by atoms with van der Waals surface area (Å²) in [7, 11) is 0. The Morgan fingerprint density at radius 1 is 1.14 bits per heavy atom. The van der Waals surface area contributed by atoms with Gasteiger partial charge in [-0.05, 0) is 24.6 Å². The number of halogens is 5. The zero-order chi connectivity index (χ0) is 25.2.